The van der Waals surface area contributed by atoms with E-state index in [-0.39, 0.29) is 18.2 Å². The van der Waals surface area contributed by atoms with E-state index in [4.69, 9.17) is 16.3 Å². The summed E-state index contributed by atoms with van der Waals surface area (Å²) in [6.07, 6.45) is 1.74. The zero-order valence-electron chi connectivity index (χ0n) is 16.3. The highest BCUT2D eigenvalue weighted by Crippen LogP contribution is 2.38. The average molecular weight is 422 g/mol. The number of hydrogen-bond donors (Lipinski definition) is 1. The van der Waals surface area contributed by atoms with Gasteiger partial charge in [0.05, 0.1) is 30.8 Å². The summed E-state index contributed by atoms with van der Waals surface area (Å²) in [6, 6.07) is 17.5. The van der Waals surface area contributed by atoms with Crippen molar-refractivity contribution in [3.63, 3.8) is 0 Å². The fourth-order valence-corrected chi connectivity index (χ4v) is 3.70. The van der Waals surface area contributed by atoms with E-state index in [1.807, 2.05) is 24.3 Å². The Kier molecular flexibility index (Phi) is 5.68. The lowest BCUT2D eigenvalue weighted by atomic mass is 10.1. The number of carbonyl (C=O) groups excluding carboxylic acids is 2. The molecule has 0 bridgehead atoms. The lowest BCUT2D eigenvalue weighted by Gasteiger charge is -2.24. The number of amides is 2. The first-order valence-electron chi connectivity index (χ1n) is 9.50. The van der Waals surface area contributed by atoms with Crippen molar-refractivity contribution in [1.29, 1.82) is 0 Å². The molecule has 1 N–H and O–H groups in total. The van der Waals surface area contributed by atoms with E-state index >= 15 is 0 Å². The van der Waals surface area contributed by atoms with Gasteiger partial charge in [0.1, 0.15) is 5.75 Å². The first-order valence-corrected chi connectivity index (χ1v) is 9.88. The SMILES string of the molecule is COc1cccc(CNC(=O)C[C@@H]2c3ncccc3C(=O)N2c2ccc(Cl)cc2)c1. The highest BCUT2D eigenvalue weighted by molar-refractivity contribution is 6.30. The Morgan fingerprint density at radius 1 is 1.17 bits per heavy atom. The third kappa shape index (κ3) is 4.00. The van der Waals surface area contributed by atoms with Crippen molar-refractivity contribution >= 4 is 29.1 Å². The summed E-state index contributed by atoms with van der Waals surface area (Å²) >= 11 is 6.00. The molecular formula is C23H20ClN3O3. The zero-order valence-corrected chi connectivity index (χ0v) is 17.1. The highest BCUT2D eigenvalue weighted by atomic mass is 35.5. The van der Waals surface area contributed by atoms with Crippen LogP contribution in [0.2, 0.25) is 5.02 Å². The van der Waals surface area contributed by atoms with E-state index in [0.717, 1.165) is 11.3 Å². The first kappa shape index (κ1) is 19.9. The number of carbonyl (C=O) groups is 2. The summed E-state index contributed by atoms with van der Waals surface area (Å²) in [5, 5.41) is 3.50. The number of halogens is 1. The molecule has 2 aromatic carbocycles. The number of aromatic nitrogens is 1. The van der Waals surface area contributed by atoms with E-state index in [1.54, 1.807) is 54.6 Å². The monoisotopic (exact) mass is 421 g/mol. The van der Waals surface area contributed by atoms with Crippen molar-refractivity contribution in [2.45, 2.75) is 19.0 Å². The van der Waals surface area contributed by atoms with Crippen LogP contribution in [-0.2, 0) is 11.3 Å². The predicted octanol–water partition coefficient (Wildman–Crippen LogP) is 4.15. The topological polar surface area (TPSA) is 71.5 Å². The minimum Gasteiger partial charge on any atom is -0.497 e. The maximum absolute atomic E-state index is 13.0. The van der Waals surface area contributed by atoms with Gasteiger partial charge in [-0.2, -0.15) is 0 Å². The second-order valence-electron chi connectivity index (χ2n) is 6.94. The maximum atomic E-state index is 13.0. The third-order valence-electron chi connectivity index (χ3n) is 5.02. The molecule has 152 valence electrons. The van der Waals surface area contributed by atoms with Gasteiger partial charge in [-0.25, -0.2) is 0 Å². The fourth-order valence-electron chi connectivity index (χ4n) is 3.58. The molecule has 2 amide bonds. The normalized spacial score (nSPS) is 15.1. The van der Waals surface area contributed by atoms with Crippen LogP contribution in [0.5, 0.6) is 5.75 Å². The Labute approximate surface area is 179 Å². The Hall–Kier alpha value is -3.38. The van der Waals surface area contributed by atoms with Crippen molar-refractivity contribution in [3.8, 4) is 5.75 Å². The van der Waals surface area contributed by atoms with Gasteiger partial charge < -0.3 is 10.1 Å². The Bertz CT molecular complexity index is 1090. The molecule has 3 aromatic rings. The van der Waals surface area contributed by atoms with Crippen LogP contribution < -0.4 is 15.0 Å². The van der Waals surface area contributed by atoms with Crippen LogP contribution in [0.3, 0.4) is 0 Å². The van der Waals surface area contributed by atoms with Gasteiger partial charge in [-0.05, 0) is 54.1 Å². The van der Waals surface area contributed by atoms with Crippen LogP contribution in [0.25, 0.3) is 0 Å². The van der Waals surface area contributed by atoms with Crippen molar-refractivity contribution in [1.82, 2.24) is 10.3 Å². The molecule has 0 saturated heterocycles. The zero-order chi connectivity index (χ0) is 21.1. The largest absolute Gasteiger partial charge is 0.497 e. The third-order valence-corrected chi connectivity index (χ3v) is 5.27. The minimum atomic E-state index is -0.486. The van der Waals surface area contributed by atoms with Gasteiger partial charge in [0, 0.05) is 23.5 Å². The van der Waals surface area contributed by atoms with E-state index in [0.29, 0.717) is 28.5 Å². The second kappa shape index (κ2) is 8.55. The van der Waals surface area contributed by atoms with Gasteiger partial charge in [-0.3, -0.25) is 19.5 Å². The number of hydrogen-bond acceptors (Lipinski definition) is 4. The highest BCUT2D eigenvalue weighted by Gasteiger charge is 2.39. The lowest BCUT2D eigenvalue weighted by molar-refractivity contribution is -0.121. The van der Waals surface area contributed by atoms with Crippen LogP contribution in [0.4, 0.5) is 5.69 Å². The molecule has 30 heavy (non-hydrogen) atoms. The number of benzene rings is 2. The molecule has 0 fully saturated rings. The molecule has 7 heteroatoms. The summed E-state index contributed by atoms with van der Waals surface area (Å²) in [5.74, 6) is 0.384. The quantitative estimate of drug-likeness (QED) is 0.649. The van der Waals surface area contributed by atoms with E-state index in [9.17, 15) is 9.59 Å². The molecule has 1 atom stereocenters. The number of nitrogens with zero attached hydrogens (tertiary/aromatic N) is 2. The standard InChI is InChI=1S/C23H20ClN3O3/c1-30-18-5-2-4-15(12-18)14-26-21(28)13-20-22-19(6-3-11-25-22)23(29)27(20)17-9-7-16(24)8-10-17/h2-12,20H,13-14H2,1H3,(H,26,28)/t20-/m1/s1. The second-order valence-corrected chi connectivity index (χ2v) is 7.37. The Morgan fingerprint density at radius 3 is 2.73 bits per heavy atom. The van der Waals surface area contributed by atoms with E-state index < -0.39 is 6.04 Å². The molecule has 2 heterocycles. The van der Waals surface area contributed by atoms with Crippen molar-refractivity contribution < 1.29 is 14.3 Å². The summed E-state index contributed by atoms with van der Waals surface area (Å²) in [4.78, 5) is 31.8. The van der Waals surface area contributed by atoms with Crippen LogP contribution in [-0.4, -0.2) is 23.9 Å². The van der Waals surface area contributed by atoms with E-state index in [1.165, 1.54) is 0 Å². The maximum Gasteiger partial charge on any atom is 0.260 e. The molecule has 6 nitrogen and oxygen atoms in total. The predicted molar refractivity (Wildman–Crippen MR) is 115 cm³/mol. The van der Waals surface area contributed by atoms with Gasteiger partial charge in [0.15, 0.2) is 0 Å². The van der Waals surface area contributed by atoms with E-state index in [2.05, 4.69) is 10.3 Å². The molecule has 1 aliphatic heterocycles. The van der Waals surface area contributed by atoms with Crippen molar-refractivity contribution in [2.24, 2.45) is 0 Å². The van der Waals surface area contributed by atoms with Crippen molar-refractivity contribution in [2.75, 3.05) is 12.0 Å². The molecular weight excluding hydrogens is 402 g/mol. The average Bonchev–Trinajstić information content (AvgIpc) is 3.05. The van der Waals surface area contributed by atoms with Crippen LogP contribution >= 0.6 is 11.6 Å². The lowest BCUT2D eigenvalue weighted by Crippen LogP contribution is -2.32. The Balaban J connectivity index is 1.54. The van der Waals surface area contributed by atoms with Crippen LogP contribution in [0, 0.1) is 0 Å². The number of methoxy groups -OCH3 is 1. The molecule has 0 unspecified atom stereocenters. The van der Waals surface area contributed by atoms with Gasteiger partial charge in [0.25, 0.3) is 5.91 Å². The summed E-state index contributed by atoms with van der Waals surface area (Å²) in [6.45, 7) is 0.368. The first-order chi connectivity index (χ1) is 14.6. The minimum absolute atomic E-state index is 0.0996. The van der Waals surface area contributed by atoms with Crippen LogP contribution in [0.15, 0.2) is 66.9 Å². The van der Waals surface area contributed by atoms with Gasteiger partial charge in [-0.1, -0.05) is 23.7 Å². The van der Waals surface area contributed by atoms with Gasteiger partial charge >= 0.3 is 0 Å². The molecule has 0 saturated carbocycles. The number of nitrogens with one attached hydrogen (secondary N) is 1. The number of rotatable bonds is 6. The number of anilines is 1. The molecule has 1 aromatic heterocycles. The van der Waals surface area contributed by atoms with Crippen LogP contribution in [0.1, 0.15) is 34.1 Å². The molecule has 4 rings (SSSR count). The summed E-state index contributed by atoms with van der Waals surface area (Å²) < 4.78 is 5.22. The molecule has 0 spiro atoms. The number of ether oxygens (including phenoxy) is 1. The summed E-state index contributed by atoms with van der Waals surface area (Å²) in [5.41, 5.74) is 2.72. The van der Waals surface area contributed by atoms with Gasteiger partial charge in [-0.15, -0.1) is 0 Å². The number of pyridine rings is 1. The molecule has 0 radical (unpaired) electrons. The smallest absolute Gasteiger partial charge is 0.260 e. The molecule has 1 aliphatic rings. The number of fused-ring (bicyclic) bond motifs is 1. The molecule has 0 aliphatic carbocycles. The fraction of sp³-hybridized carbons (Fsp3) is 0.174. The van der Waals surface area contributed by atoms with Gasteiger partial charge in [0.2, 0.25) is 5.91 Å². The Morgan fingerprint density at radius 2 is 1.97 bits per heavy atom. The van der Waals surface area contributed by atoms with Crippen molar-refractivity contribution in [3.05, 3.63) is 88.7 Å². The summed E-state index contributed by atoms with van der Waals surface area (Å²) in [7, 11) is 1.60.